The van der Waals surface area contributed by atoms with Crippen LogP contribution in [0.15, 0.2) is 24.3 Å². The van der Waals surface area contributed by atoms with Gasteiger partial charge in [0.1, 0.15) is 0 Å². The quantitative estimate of drug-likeness (QED) is 0.844. The fourth-order valence-electron chi connectivity index (χ4n) is 2.48. The second-order valence-corrected chi connectivity index (χ2v) is 4.86. The van der Waals surface area contributed by atoms with Gasteiger partial charge in [-0.1, -0.05) is 12.1 Å². The Morgan fingerprint density at radius 3 is 2.79 bits per heavy atom. The first-order chi connectivity index (χ1) is 9.24. The Morgan fingerprint density at radius 2 is 2.16 bits per heavy atom. The summed E-state index contributed by atoms with van der Waals surface area (Å²) < 4.78 is 5.10. The SMILES string of the molecule is CCOC(=O)[C@H]1CCCN(c2ccc(CO)cc2)C1. The van der Waals surface area contributed by atoms with Crippen LogP contribution in [0.2, 0.25) is 0 Å². The van der Waals surface area contributed by atoms with Gasteiger partial charge in [-0.15, -0.1) is 0 Å². The van der Waals surface area contributed by atoms with E-state index in [0.717, 1.165) is 37.2 Å². The van der Waals surface area contributed by atoms with Gasteiger partial charge in [0, 0.05) is 18.8 Å². The summed E-state index contributed by atoms with van der Waals surface area (Å²) >= 11 is 0. The van der Waals surface area contributed by atoms with Crippen LogP contribution in [0.25, 0.3) is 0 Å². The largest absolute Gasteiger partial charge is 0.466 e. The Bertz CT molecular complexity index is 416. The number of carbonyl (C=O) groups excluding carboxylic acids is 1. The van der Waals surface area contributed by atoms with Crippen LogP contribution in [-0.4, -0.2) is 30.8 Å². The van der Waals surface area contributed by atoms with Crippen molar-refractivity contribution in [3.8, 4) is 0 Å². The van der Waals surface area contributed by atoms with Crippen molar-refractivity contribution in [2.45, 2.75) is 26.4 Å². The van der Waals surface area contributed by atoms with Crippen LogP contribution in [0.3, 0.4) is 0 Å². The van der Waals surface area contributed by atoms with Gasteiger partial charge in [-0.2, -0.15) is 0 Å². The van der Waals surface area contributed by atoms with Gasteiger partial charge in [0.05, 0.1) is 19.1 Å². The maximum absolute atomic E-state index is 11.8. The summed E-state index contributed by atoms with van der Waals surface area (Å²) in [5, 5.41) is 9.04. The van der Waals surface area contributed by atoms with E-state index in [9.17, 15) is 4.79 Å². The molecule has 19 heavy (non-hydrogen) atoms. The van der Waals surface area contributed by atoms with Crippen molar-refractivity contribution in [3.05, 3.63) is 29.8 Å². The van der Waals surface area contributed by atoms with Gasteiger partial charge in [0.15, 0.2) is 0 Å². The van der Waals surface area contributed by atoms with E-state index in [-0.39, 0.29) is 18.5 Å². The van der Waals surface area contributed by atoms with Gasteiger partial charge in [0.2, 0.25) is 0 Å². The van der Waals surface area contributed by atoms with Gasteiger partial charge in [-0.05, 0) is 37.5 Å². The summed E-state index contributed by atoms with van der Waals surface area (Å²) in [6.45, 7) is 4.03. The van der Waals surface area contributed by atoms with E-state index in [1.807, 2.05) is 31.2 Å². The molecule has 0 unspecified atom stereocenters. The van der Waals surface area contributed by atoms with Crippen molar-refractivity contribution in [3.63, 3.8) is 0 Å². The Balaban J connectivity index is 2.01. The van der Waals surface area contributed by atoms with Crippen LogP contribution in [0.4, 0.5) is 5.69 Å². The molecule has 1 N–H and O–H groups in total. The molecule has 1 aliphatic heterocycles. The van der Waals surface area contributed by atoms with Gasteiger partial charge in [-0.25, -0.2) is 0 Å². The van der Waals surface area contributed by atoms with E-state index in [0.29, 0.717) is 6.61 Å². The molecule has 1 aromatic rings. The number of hydrogen-bond acceptors (Lipinski definition) is 4. The van der Waals surface area contributed by atoms with Crippen molar-refractivity contribution >= 4 is 11.7 Å². The van der Waals surface area contributed by atoms with E-state index < -0.39 is 0 Å². The second-order valence-electron chi connectivity index (χ2n) is 4.86. The van der Waals surface area contributed by atoms with E-state index >= 15 is 0 Å². The average Bonchev–Trinajstić information content (AvgIpc) is 2.48. The number of esters is 1. The molecule has 1 atom stereocenters. The molecule has 0 bridgehead atoms. The number of aliphatic hydroxyl groups is 1. The Morgan fingerprint density at radius 1 is 1.42 bits per heavy atom. The summed E-state index contributed by atoms with van der Waals surface area (Å²) in [4.78, 5) is 14.0. The zero-order chi connectivity index (χ0) is 13.7. The summed E-state index contributed by atoms with van der Waals surface area (Å²) in [6, 6.07) is 7.84. The molecule has 1 heterocycles. The summed E-state index contributed by atoms with van der Waals surface area (Å²) in [5.41, 5.74) is 2.01. The maximum atomic E-state index is 11.8. The van der Waals surface area contributed by atoms with Crippen LogP contribution in [-0.2, 0) is 16.1 Å². The summed E-state index contributed by atoms with van der Waals surface area (Å²) in [7, 11) is 0. The minimum atomic E-state index is -0.0841. The molecule has 1 fully saturated rings. The molecule has 4 nitrogen and oxygen atoms in total. The molecule has 0 amide bonds. The summed E-state index contributed by atoms with van der Waals surface area (Å²) in [6.07, 6.45) is 1.91. The number of aliphatic hydroxyl groups excluding tert-OH is 1. The minimum absolute atomic E-state index is 0.0220. The number of benzene rings is 1. The van der Waals surface area contributed by atoms with E-state index in [2.05, 4.69) is 4.90 Å². The number of nitrogens with zero attached hydrogens (tertiary/aromatic N) is 1. The first-order valence-electron chi connectivity index (χ1n) is 6.86. The fourth-order valence-corrected chi connectivity index (χ4v) is 2.48. The predicted octanol–water partition coefficient (Wildman–Crippen LogP) is 1.96. The van der Waals surface area contributed by atoms with Crippen LogP contribution in [0, 0.1) is 5.92 Å². The Hall–Kier alpha value is -1.55. The number of hydrogen-bond donors (Lipinski definition) is 1. The van der Waals surface area contributed by atoms with Crippen LogP contribution < -0.4 is 4.90 Å². The highest BCUT2D eigenvalue weighted by Crippen LogP contribution is 2.24. The van der Waals surface area contributed by atoms with Crippen molar-refractivity contribution < 1.29 is 14.6 Å². The lowest BCUT2D eigenvalue weighted by Gasteiger charge is -2.33. The minimum Gasteiger partial charge on any atom is -0.466 e. The molecule has 4 heteroatoms. The normalized spacial score (nSPS) is 19.3. The van der Waals surface area contributed by atoms with Gasteiger partial charge in [-0.3, -0.25) is 4.79 Å². The van der Waals surface area contributed by atoms with E-state index in [4.69, 9.17) is 9.84 Å². The third kappa shape index (κ3) is 3.47. The zero-order valence-corrected chi connectivity index (χ0v) is 11.3. The van der Waals surface area contributed by atoms with Crippen LogP contribution in [0.1, 0.15) is 25.3 Å². The number of rotatable bonds is 4. The van der Waals surface area contributed by atoms with E-state index in [1.165, 1.54) is 0 Å². The van der Waals surface area contributed by atoms with Gasteiger partial charge >= 0.3 is 5.97 Å². The molecule has 0 saturated carbocycles. The van der Waals surface area contributed by atoms with Crippen molar-refractivity contribution in [2.75, 3.05) is 24.6 Å². The highest BCUT2D eigenvalue weighted by Gasteiger charge is 2.26. The average molecular weight is 263 g/mol. The molecule has 0 spiro atoms. The number of ether oxygens (including phenoxy) is 1. The molecule has 1 aromatic carbocycles. The monoisotopic (exact) mass is 263 g/mol. The second kappa shape index (κ2) is 6.57. The third-order valence-corrected chi connectivity index (χ3v) is 3.53. The van der Waals surface area contributed by atoms with Crippen LogP contribution in [0.5, 0.6) is 0 Å². The van der Waals surface area contributed by atoms with Gasteiger partial charge < -0.3 is 14.7 Å². The van der Waals surface area contributed by atoms with Crippen molar-refractivity contribution in [1.82, 2.24) is 0 Å². The number of piperidine rings is 1. The van der Waals surface area contributed by atoms with Gasteiger partial charge in [0.25, 0.3) is 0 Å². The summed E-state index contributed by atoms with van der Waals surface area (Å²) in [5.74, 6) is -0.106. The molecule has 104 valence electrons. The van der Waals surface area contributed by atoms with Crippen LogP contribution >= 0.6 is 0 Å². The Kier molecular flexibility index (Phi) is 4.80. The molecular weight excluding hydrogens is 242 g/mol. The highest BCUT2D eigenvalue weighted by molar-refractivity contribution is 5.73. The first kappa shape index (κ1) is 13.9. The molecule has 1 aliphatic rings. The smallest absolute Gasteiger partial charge is 0.310 e. The zero-order valence-electron chi connectivity index (χ0n) is 11.3. The number of carbonyl (C=O) groups is 1. The molecule has 0 radical (unpaired) electrons. The van der Waals surface area contributed by atoms with E-state index in [1.54, 1.807) is 0 Å². The predicted molar refractivity (Wildman–Crippen MR) is 73.9 cm³/mol. The lowest BCUT2D eigenvalue weighted by atomic mass is 9.97. The molecule has 0 aliphatic carbocycles. The Labute approximate surface area is 114 Å². The third-order valence-electron chi connectivity index (χ3n) is 3.53. The molecule has 0 aromatic heterocycles. The lowest BCUT2D eigenvalue weighted by molar-refractivity contribution is -0.148. The first-order valence-corrected chi connectivity index (χ1v) is 6.86. The van der Waals surface area contributed by atoms with Crippen molar-refractivity contribution in [1.29, 1.82) is 0 Å². The topological polar surface area (TPSA) is 49.8 Å². The molecule has 1 saturated heterocycles. The highest BCUT2D eigenvalue weighted by atomic mass is 16.5. The standard InChI is InChI=1S/C15H21NO3/c1-2-19-15(18)13-4-3-9-16(10-13)14-7-5-12(11-17)6-8-14/h5-8,13,17H,2-4,9-11H2,1H3/t13-/m0/s1. The molecular formula is C15H21NO3. The molecule has 2 rings (SSSR count). The lowest BCUT2D eigenvalue weighted by Crippen LogP contribution is -2.39. The number of anilines is 1. The van der Waals surface area contributed by atoms with Crippen molar-refractivity contribution in [2.24, 2.45) is 5.92 Å². The maximum Gasteiger partial charge on any atom is 0.310 e. The fraction of sp³-hybridized carbons (Fsp3) is 0.533.